The summed E-state index contributed by atoms with van der Waals surface area (Å²) in [6.07, 6.45) is 5.05. The average molecular weight is 588 g/mol. The van der Waals surface area contributed by atoms with Crippen LogP contribution in [0.15, 0.2) is 94.1 Å². The minimum atomic E-state index is -3.53. The molecule has 4 aromatic rings. The van der Waals surface area contributed by atoms with Crippen LogP contribution in [0.4, 0.5) is 5.69 Å². The summed E-state index contributed by atoms with van der Waals surface area (Å²) in [5.74, 6) is 0.517. The van der Waals surface area contributed by atoms with Gasteiger partial charge in [0.25, 0.3) is 0 Å². The number of hydrogen-bond acceptors (Lipinski definition) is 5. The van der Waals surface area contributed by atoms with Crippen molar-refractivity contribution in [3.63, 3.8) is 0 Å². The second kappa shape index (κ2) is 12.4. The zero-order chi connectivity index (χ0) is 28.2. The van der Waals surface area contributed by atoms with Crippen molar-refractivity contribution >= 4 is 27.0 Å². The van der Waals surface area contributed by atoms with Gasteiger partial charge >= 0.3 is 0 Å². The molecule has 0 radical (unpaired) electrons. The maximum absolute atomic E-state index is 13.5. The van der Waals surface area contributed by atoms with Crippen molar-refractivity contribution in [2.75, 3.05) is 19.7 Å². The van der Waals surface area contributed by atoms with E-state index in [4.69, 9.17) is 9.73 Å². The molecule has 8 heteroatoms. The normalized spacial score (nSPS) is 19.1. The molecule has 1 atom stereocenters. The Balaban J connectivity index is 1.20. The smallest absolute Gasteiger partial charge is 0.243 e. The van der Waals surface area contributed by atoms with Gasteiger partial charge in [0.15, 0.2) is 4.80 Å². The number of aromatic nitrogens is 1. The molecule has 0 aliphatic carbocycles. The Kier molecular flexibility index (Phi) is 8.53. The third kappa shape index (κ3) is 6.56. The minimum Gasteiger partial charge on any atom is -0.376 e. The van der Waals surface area contributed by atoms with Crippen LogP contribution < -0.4 is 4.80 Å². The Morgan fingerprint density at radius 1 is 0.927 bits per heavy atom. The molecular weight excluding hydrogens is 551 g/mol. The highest BCUT2D eigenvalue weighted by Crippen LogP contribution is 2.29. The predicted octanol–water partition coefficient (Wildman–Crippen LogP) is 6.58. The van der Waals surface area contributed by atoms with Crippen molar-refractivity contribution < 1.29 is 13.2 Å². The lowest BCUT2D eigenvalue weighted by molar-refractivity contribution is 0.0968. The maximum Gasteiger partial charge on any atom is 0.243 e. The molecule has 6 rings (SSSR count). The van der Waals surface area contributed by atoms with Gasteiger partial charge in [-0.1, -0.05) is 60.2 Å². The molecule has 3 heterocycles. The number of hydrogen-bond donors (Lipinski definition) is 0. The zero-order valence-corrected chi connectivity index (χ0v) is 25.1. The van der Waals surface area contributed by atoms with Crippen LogP contribution >= 0.6 is 11.3 Å². The fourth-order valence-corrected chi connectivity index (χ4v) is 8.20. The van der Waals surface area contributed by atoms with E-state index in [1.54, 1.807) is 27.8 Å². The van der Waals surface area contributed by atoms with Crippen LogP contribution in [0.3, 0.4) is 0 Å². The van der Waals surface area contributed by atoms with Crippen LogP contribution in [-0.4, -0.2) is 43.1 Å². The number of rotatable bonds is 8. The van der Waals surface area contributed by atoms with Crippen molar-refractivity contribution in [2.24, 2.45) is 10.9 Å². The van der Waals surface area contributed by atoms with Crippen LogP contribution in [0.25, 0.3) is 11.3 Å². The fourth-order valence-electron chi connectivity index (χ4n) is 5.80. The lowest BCUT2D eigenvalue weighted by Crippen LogP contribution is -2.38. The monoisotopic (exact) mass is 587 g/mol. The second-order valence-electron chi connectivity index (χ2n) is 11.2. The molecule has 0 bridgehead atoms. The van der Waals surface area contributed by atoms with Crippen molar-refractivity contribution in [2.45, 2.75) is 56.6 Å². The molecule has 0 spiro atoms. The van der Waals surface area contributed by atoms with E-state index >= 15 is 0 Å². The number of thiazole rings is 1. The molecule has 6 nitrogen and oxygen atoms in total. The largest absolute Gasteiger partial charge is 0.376 e. The molecule has 0 saturated carbocycles. The Bertz CT molecular complexity index is 1610. The first-order chi connectivity index (χ1) is 20.0. The van der Waals surface area contributed by atoms with Gasteiger partial charge in [-0.2, -0.15) is 4.31 Å². The summed E-state index contributed by atoms with van der Waals surface area (Å²) >= 11 is 1.60. The maximum atomic E-state index is 13.5. The quantitative estimate of drug-likeness (QED) is 0.234. The first-order valence-electron chi connectivity index (χ1n) is 14.5. The molecule has 2 fully saturated rings. The van der Waals surface area contributed by atoms with E-state index in [-0.39, 0.29) is 6.10 Å². The molecule has 1 aromatic heterocycles. The highest BCUT2D eigenvalue weighted by molar-refractivity contribution is 7.89. The summed E-state index contributed by atoms with van der Waals surface area (Å²) in [4.78, 5) is 6.21. The molecule has 2 aliphatic rings. The number of ether oxygens (including phenoxy) is 1. The topological polar surface area (TPSA) is 63.9 Å². The summed E-state index contributed by atoms with van der Waals surface area (Å²) in [5, 5.41) is 2.11. The summed E-state index contributed by atoms with van der Waals surface area (Å²) < 4.78 is 36.9. The van der Waals surface area contributed by atoms with E-state index in [0.29, 0.717) is 23.9 Å². The van der Waals surface area contributed by atoms with Gasteiger partial charge in [0, 0.05) is 25.1 Å². The van der Waals surface area contributed by atoms with Crippen molar-refractivity contribution in [1.29, 1.82) is 0 Å². The van der Waals surface area contributed by atoms with E-state index in [1.165, 1.54) is 11.1 Å². The van der Waals surface area contributed by atoms with Gasteiger partial charge in [0.1, 0.15) is 0 Å². The van der Waals surface area contributed by atoms with Crippen LogP contribution in [0.5, 0.6) is 0 Å². The standard InChI is InChI=1S/C33H37N3O3S2/c1-25-9-13-29(14-10-25)34-33-36(23-30-8-5-21-39-30)32(24-40-33)28-11-15-31(16-12-28)41(37,38)35-19-17-27(18-20-35)22-26-6-3-2-4-7-26/h2-4,6-7,9-16,24,27,30H,5,8,17-23H2,1H3. The number of benzene rings is 3. The lowest BCUT2D eigenvalue weighted by atomic mass is 9.91. The van der Waals surface area contributed by atoms with Crippen LogP contribution in [0, 0.1) is 12.8 Å². The van der Waals surface area contributed by atoms with Crippen LogP contribution in [0.2, 0.25) is 0 Å². The van der Waals surface area contributed by atoms with Gasteiger partial charge < -0.3 is 9.30 Å². The number of aryl methyl sites for hydroxylation is 1. The average Bonchev–Trinajstić information content (AvgIpc) is 3.66. The molecular formula is C33H37N3O3S2. The number of sulfonamides is 1. The van der Waals surface area contributed by atoms with E-state index < -0.39 is 10.0 Å². The minimum absolute atomic E-state index is 0.157. The Hall–Kier alpha value is -3.04. The summed E-state index contributed by atoms with van der Waals surface area (Å²) in [5.41, 5.74) is 5.45. The van der Waals surface area contributed by atoms with Gasteiger partial charge in [-0.05, 0) is 80.3 Å². The molecule has 3 aromatic carbocycles. The summed E-state index contributed by atoms with van der Waals surface area (Å²) in [6, 6.07) is 26.1. The Morgan fingerprint density at radius 2 is 1.66 bits per heavy atom. The molecule has 0 N–H and O–H groups in total. The van der Waals surface area contributed by atoms with Gasteiger partial charge in [-0.15, -0.1) is 11.3 Å². The Labute approximate surface area is 247 Å². The van der Waals surface area contributed by atoms with Crippen molar-refractivity contribution in [3.8, 4) is 11.3 Å². The summed E-state index contributed by atoms with van der Waals surface area (Å²) in [6.45, 7) is 4.73. The van der Waals surface area contributed by atoms with E-state index in [0.717, 1.165) is 67.0 Å². The van der Waals surface area contributed by atoms with Gasteiger partial charge in [0.05, 0.1) is 28.9 Å². The highest BCUT2D eigenvalue weighted by Gasteiger charge is 2.29. The van der Waals surface area contributed by atoms with Gasteiger partial charge in [0.2, 0.25) is 10.0 Å². The van der Waals surface area contributed by atoms with Crippen molar-refractivity contribution in [1.82, 2.24) is 8.87 Å². The predicted molar refractivity (Wildman–Crippen MR) is 165 cm³/mol. The van der Waals surface area contributed by atoms with Gasteiger partial charge in [-0.3, -0.25) is 0 Å². The summed E-state index contributed by atoms with van der Waals surface area (Å²) in [7, 11) is -3.53. The van der Waals surface area contributed by atoms with Crippen LogP contribution in [0.1, 0.15) is 36.8 Å². The lowest BCUT2D eigenvalue weighted by Gasteiger charge is -2.31. The molecule has 2 aliphatic heterocycles. The number of nitrogens with zero attached hydrogens (tertiary/aromatic N) is 3. The third-order valence-electron chi connectivity index (χ3n) is 8.20. The van der Waals surface area contributed by atoms with E-state index in [9.17, 15) is 8.42 Å². The van der Waals surface area contributed by atoms with Crippen molar-refractivity contribution in [3.05, 3.63) is 100 Å². The second-order valence-corrected chi connectivity index (χ2v) is 13.9. The van der Waals surface area contributed by atoms with E-state index in [1.807, 2.05) is 30.3 Å². The molecule has 41 heavy (non-hydrogen) atoms. The number of piperidine rings is 1. The molecule has 2 saturated heterocycles. The molecule has 0 amide bonds. The highest BCUT2D eigenvalue weighted by atomic mass is 32.2. The fraction of sp³-hybridized carbons (Fsp3) is 0.364. The van der Waals surface area contributed by atoms with E-state index in [2.05, 4.69) is 53.3 Å². The molecule has 1 unspecified atom stereocenters. The molecule has 214 valence electrons. The van der Waals surface area contributed by atoms with Gasteiger partial charge in [-0.25, -0.2) is 13.4 Å². The first-order valence-corrected chi connectivity index (χ1v) is 16.8. The van der Waals surface area contributed by atoms with Crippen LogP contribution in [-0.2, 0) is 27.7 Å². The SMILES string of the molecule is Cc1ccc(N=c2scc(-c3ccc(S(=O)(=O)N4CCC(Cc5ccccc5)CC4)cc3)n2CC2CCCO2)cc1. The Morgan fingerprint density at radius 3 is 2.34 bits per heavy atom. The first kappa shape index (κ1) is 28.1. The third-order valence-corrected chi connectivity index (χ3v) is 11.0. The zero-order valence-electron chi connectivity index (χ0n) is 23.5.